The number of benzene rings is 1. The van der Waals surface area contributed by atoms with Crippen molar-refractivity contribution < 1.29 is 31.9 Å². The van der Waals surface area contributed by atoms with Crippen LogP contribution in [0.15, 0.2) is 24.4 Å². The molecular formula is C16H13ClF4N4O3. The normalized spacial score (nSPS) is 11.1. The molecule has 28 heavy (non-hydrogen) atoms. The summed E-state index contributed by atoms with van der Waals surface area (Å²) in [5, 5.41) is 3.99. The number of halogens is 5. The van der Waals surface area contributed by atoms with Crippen LogP contribution >= 0.6 is 11.6 Å². The molecule has 0 radical (unpaired) electrons. The van der Waals surface area contributed by atoms with Gasteiger partial charge in [-0.25, -0.2) is 9.37 Å². The van der Waals surface area contributed by atoms with Crippen molar-refractivity contribution in [2.75, 3.05) is 19.0 Å². The quantitative estimate of drug-likeness (QED) is 0.424. The van der Waals surface area contributed by atoms with Crippen LogP contribution in [0.1, 0.15) is 15.9 Å². The maximum atomic E-state index is 14.1. The van der Waals surface area contributed by atoms with Crippen LogP contribution in [0.4, 0.5) is 29.1 Å². The zero-order valence-electron chi connectivity index (χ0n) is 14.2. The number of methoxy groups -OCH3 is 1. The van der Waals surface area contributed by atoms with Crippen LogP contribution in [0.5, 0.6) is 0 Å². The van der Waals surface area contributed by atoms with E-state index >= 15 is 0 Å². The second-order valence-electron chi connectivity index (χ2n) is 5.38. The van der Waals surface area contributed by atoms with E-state index in [2.05, 4.69) is 20.0 Å². The van der Waals surface area contributed by atoms with Crippen LogP contribution in [0.2, 0.25) is 5.28 Å². The van der Waals surface area contributed by atoms with Gasteiger partial charge in [0.2, 0.25) is 5.28 Å². The van der Waals surface area contributed by atoms with Gasteiger partial charge in [0.25, 0.3) is 5.91 Å². The van der Waals surface area contributed by atoms with Crippen LogP contribution in [-0.2, 0) is 16.0 Å². The minimum Gasteiger partial charge on any atom is -0.469 e. The summed E-state index contributed by atoms with van der Waals surface area (Å²) in [4.78, 5) is 30.5. The van der Waals surface area contributed by atoms with Crippen molar-refractivity contribution in [3.63, 3.8) is 0 Å². The third-order valence-corrected chi connectivity index (χ3v) is 3.51. The summed E-state index contributed by atoms with van der Waals surface area (Å²) < 4.78 is 55.4. The average molecular weight is 421 g/mol. The molecule has 0 saturated carbocycles. The van der Waals surface area contributed by atoms with Crippen molar-refractivity contribution in [3.8, 4) is 0 Å². The summed E-state index contributed by atoms with van der Waals surface area (Å²) in [6.45, 7) is -1.55. The molecule has 0 unspecified atom stereocenters. The number of ether oxygens (including phenoxy) is 1. The highest BCUT2D eigenvalue weighted by Crippen LogP contribution is 2.23. The number of nitrogens with zero attached hydrogens (tertiary/aromatic N) is 2. The van der Waals surface area contributed by atoms with Gasteiger partial charge in [0.15, 0.2) is 0 Å². The number of carbonyl (C=O) groups excluding carboxylic acids is 2. The Morgan fingerprint density at radius 1 is 1.29 bits per heavy atom. The molecule has 150 valence electrons. The van der Waals surface area contributed by atoms with Gasteiger partial charge in [0.1, 0.15) is 23.7 Å². The summed E-state index contributed by atoms with van der Waals surface area (Å²) in [5.74, 6) is -2.69. The Kier molecular flexibility index (Phi) is 6.73. The molecule has 2 N–H and O–H groups in total. The number of hydrogen-bond acceptors (Lipinski definition) is 6. The van der Waals surface area contributed by atoms with Gasteiger partial charge in [-0.1, -0.05) is 6.07 Å². The van der Waals surface area contributed by atoms with Crippen molar-refractivity contribution in [1.82, 2.24) is 15.3 Å². The van der Waals surface area contributed by atoms with Gasteiger partial charge in [-0.3, -0.25) is 9.59 Å². The van der Waals surface area contributed by atoms with E-state index in [9.17, 15) is 27.2 Å². The Morgan fingerprint density at radius 3 is 2.61 bits per heavy atom. The molecule has 0 fully saturated rings. The minimum atomic E-state index is -4.60. The summed E-state index contributed by atoms with van der Waals surface area (Å²) in [5.41, 5.74) is -0.139. The molecule has 0 saturated heterocycles. The Hall–Kier alpha value is -2.95. The standard InChI is InChI=1S/C16H13ClF4N4O3/c1-28-12(26)4-8-2-3-9(5-11(8)18)24-13-10(6-22-15(17)25-13)14(27)23-7-16(19,20)21/h2-3,5-6H,4,7H2,1H3,(H,23,27)(H,22,24,25). The summed E-state index contributed by atoms with van der Waals surface area (Å²) in [7, 11) is 1.17. The third kappa shape index (κ3) is 6.05. The molecule has 2 aromatic rings. The van der Waals surface area contributed by atoms with Gasteiger partial charge in [0.05, 0.1) is 13.5 Å². The van der Waals surface area contributed by atoms with Gasteiger partial charge < -0.3 is 15.4 Å². The molecule has 0 atom stereocenters. The number of amides is 1. The lowest BCUT2D eigenvalue weighted by Crippen LogP contribution is -2.34. The summed E-state index contributed by atoms with van der Waals surface area (Å²) in [6.07, 6.45) is -3.95. The van der Waals surface area contributed by atoms with Gasteiger partial charge in [0, 0.05) is 11.9 Å². The fraction of sp³-hybridized carbons (Fsp3) is 0.250. The second-order valence-corrected chi connectivity index (χ2v) is 5.72. The first-order valence-corrected chi connectivity index (χ1v) is 7.96. The van der Waals surface area contributed by atoms with Crippen molar-refractivity contribution in [2.45, 2.75) is 12.6 Å². The molecule has 1 aromatic heterocycles. The molecule has 0 aliphatic rings. The van der Waals surface area contributed by atoms with E-state index in [0.29, 0.717) is 0 Å². The molecule has 0 spiro atoms. The SMILES string of the molecule is COC(=O)Cc1ccc(Nc2nc(Cl)ncc2C(=O)NCC(F)(F)F)cc1F. The van der Waals surface area contributed by atoms with E-state index in [1.54, 1.807) is 5.32 Å². The monoisotopic (exact) mass is 420 g/mol. The topological polar surface area (TPSA) is 93.2 Å². The predicted molar refractivity (Wildman–Crippen MR) is 90.8 cm³/mol. The number of hydrogen-bond donors (Lipinski definition) is 2. The van der Waals surface area contributed by atoms with E-state index in [1.807, 2.05) is 0 Å². The number of carbonyl (C=O) groups is 2. The van der Waals surface area contributed by atoms with E-state index in [4.69, 9.17) is 11.6 Å². The number of rotatable bonds is 6. The van der Waals surface area contributed by atoms with Crippen LogP contribution in [0.3, 0.4) is 0 Å². The zero-order valence-corrected chi connectivity index (χ0v) is 15.0. The lowest BCUT2D eigenvalue weighted by atomic mass is 10.1. The zero-order chi connectivity index (χ0) is 20.9. The minimum absolute atomic E-state index is 0.0706. The average Bonchev–Trinajstić information content (AvgIpc) is 2.61. The van der Waals surface area contributed by atoms with Crippen LogP contribution in [-0.4, -0.2) is 41.7 Å². The number of esters is 1. The van der Waals surface area contributed by atoms with Crippen molar-refractivity contribution in [3.05, 3.63) is 46.6 Å². The van der Waals surface area contributed by atoms with Gasteiger partial charge in [-0.05, 0) is 29.3 Å². The fourth-order valence-corrected chi connectivity index (χ4v) is 2.16. The van der Waals surface area contributed by atoms with E-state index < -0.39 is 30.4 Å². The first kappa shape index (κ1) is 21.4. The van der Waals surface area contributed by atoms with Gasteiger partial charge >= 0.3 is 12.1 Å². The Bertz CT molecular complexity index is 893. The molecule has 0 aliphatic heterocycles. The molecule has 1 heterocycles. The molecule has 1 amide bonds. The van der Waals surface area contributed by atoms with E-state index in [-0.39, 0.29) is 34.3 Å². The highest BCUT2D eigenvalue weighted by Gasteiger charge is 2.28. The van der Waals surface area contributed by atoms with Gasteiger partial charge in [-0.15, -0.1) is 0 Å². The van der Waals surface area contributed by atoms with Crippen molar-refractivity contribution >= 4 is 35.0 Å². The maximum Gasteiger partial charge on any atom is 0.405 e. The molecule has 1 aromatic carbocycles. The molecule has 0 bridgehead atoms. The molecule has 2 rings (SSSR count). The Labute approximate surface area is 161 Å². The number of alkyl halides is 3. The second kappa shape index (κ2) is 8.83. The highest BCUT2D eigenvalue weighted by molar-refractivity contribution is 6.28. The van der Waals surface area contributed by atoms with Crippen molar-refractivity contribution in [2.24, 2.45) is 0 Å². The predicted octanol–water partition coefficient (Wildman–Crippen LogP) is 3.02. The number of anilines is 2. The van der Waals surface area contributed by atoms with Crippen molar-refractivity contribution in [1.29, 1.82) is 0 Å². The number of aromatic nitrogens is 2. The lowest BCUT2D eigenvalue weighted by molar-refractivity contribution is -0.139. The lowest BCUT2D eigenvalue weighted by Gasteiger charge is -2.13. The molecule has 12 heteroatoms. The fourth-order valence-electron chi connectivity index (χ4n) is 2.03. The van der Waals surface area contributed by atoms with E-state index in [1.165, 1.54) is 19.2 Å². The smallest absolute Gasteiger partial charge is 0.405 e. The van der Waals surface area contributed by atoms with E-state index in [0.717, 1.165) is 12.3 Å². The first-order valence-electron chi connectivity index (χ1n) is 7.59. The summed E-state index contributed by atoms with van der Waals surface area (Å²) >= 11 is 5.67. The molecule has 0 aliphatic carbocycles. The highest BCUT2D eigenvalue weighted by atomic mass is 35.5. The largest absolute Gasteiger partial charge is 0.469 e. The third-order valence-electron chi connectivity index (χ3n) is 3.33. The van der Waals surface area contributed by atoms with Crippen LogP contribution in [0, 0.1) is 5.82 Å². The Balaban J connectivity index is 2.23. The maximum absolute atomic E-state index is 14.1. The first-order chi connectivity index (χ1) is 13.1. The molecule has 7 nitrogen and oxygen atoms in total. The summed E-state index contributed by atoms with van der Waals surface area (Å²) in [6, 6.07) is 3.71. The van der Waals surface area contributed by atoms with Gasteiger partial charge in [-0.2, -0.15) is 18.2 Å². The van der Waals surface area contributed by atoms with Crippen LogP contribution < -0.4 is 10.6 Å². The number of nitrogens with one attached hydrogen (secondary N) is 2. The van der Waals surface area contributed by atoms with Crippen LogP contribution in [0.25, 0.3) is 0 Å². The molecular weight excluding hydrogens is 408 g/mol. The Morgan fingerprint density at radius 2 is 2.00 bits per heavy atom.